The van der Waals surface area contributed by atoms with Crippen molar-refractivity contribution in [3.05, 3.63) is 18.2 Å². The molecule has 1 fully saturated rings. The number of H-pyrrole nitrogens is 1. The van der Waals surface area contributed by atoms with Crippen LogP contribution in [-0.2, 0) is 11.2 Å². The van der Waals surface area contributed by atoms with Crippen molar-refractivity contribution in [3.63, 3.8) is 0 Å². The lowest BCUT2D eigenvalue weighted by Gasteiger charge is -2.22. The molecule has 1 amide bonds. The number of hydrogen-bond donors (Lipinski definition) is 1. The maximum Gasteiger partial charge on any atom is 0.222 e. The Labute approximate surface area is 122 Å². The topological polar surface area (TPSA) is 49.0 Å². The monoisotopic (exact) mass is 277 g/mol. The summed E-state index contributed by atoms with van der Waals surface area (Å²) in [4.78, 5) is 21.0. The minimum Gasteiger partial charge on any atom is -0.351 e. The predicted molar refractivity (Wildman–Crippen MR) is 80.4 cm³/mol. The normalized spacial score (nSPS) is 16.2. The lowest BCUT2D eigenvalue weighted by Crippen LogP contribution is -2.28. The van der Waals surface area contributed by atoms with Crippen molar-refractivity contribution in [1.82, 2.24) is 14.9 Å². The second-order valence-electron chi connectivity index (χ2n) is 6.02. The molecule has 0 atom stereocenters. The molecular formula is C16H27N3O. The summed E-state index contributed by atoms with van der Waals surface area (Å²) >= 11 is 0. The van der Waals surface area contributed by atoms with Crippen molar-refractivity contribution < 1.29 is 4.79 Å². The number of carbonyl (C=O) groups is 1. The average Bonchev–Trinajstić information content (AvgIpc) is 2.99. The molecule has 1 aromatic heterocycles. The number of nitrogens with one attached hydrogen (secondary N) is 1. The first kappa shape index (κ1) is 15.1. The first-order chi connectivity index (χ1) is 9.75. The van der Waals surface area contributed by atoms with E-state index in [0.29, 0.717) is 6.42 Å². The average molecular weight is 277 g/mol. The van der Waals surface area contributed by atoms with Gasteiger partial charge in [-0.15, -0.1) is 0 Å². The van der Waals surface area contributed by atoms with Crippen LogP contribution in [0.1, 0.15) is 57.1 Å². The van der Waals surface area contributed by atoms with Gasteiger partial charge >= 0.3 is 0 Å². The molecule has 1 aliphatic rings. The van der Waals surface area contributed by atoms with Crippen LogP contribution in [0.3, 0.4) is 0 Å². The van der Waals surface area contributed by atoms with Gasteiger partial charge in [-0.3, -0.25) is 4.79 Å². The Hall–Kier alpha value is -1.32. The van der Waals surface area contributed by atoms with Crippen molar-refractivity contribution in [1.29, 1.82) is 0 Å². The zero-order valence-electron chi connectivity index (χ0n) is 12.6. The minimum atomic E-state index is 0.274. The Morgan fingerprint density at radius 1 is 1.40 bits per heavy atom. The van der Waals surface area contributed by atoms with Crippen molar-refractivity contribution in [3.8, 4) is 0 Å². The molecule has 20 heavy (non-hydrogen) atoms. The third-order valence-electron chi connectivity index (χ3n) is 4.41. The Kier molecular flexibility index (Phi) is 6.09. The molecule has 0 saturated heterocycles. The van der Waals surface area contributed by atoms with E-state index < -0.39 is 0 Å². The second kappa shape index (κ2) is 8.08. The van der Waals surface area contributed by atoms with Crippen LogP contribution in [0.25, 0.3) is 0 Å². The molecule has 4 nitrogen and oxygen atoms in total. The van der Waals surface area contributed by atoms with E-state index in [1.165, 1.54) is 38.5 Å². The van der Waals surface area contributed by atoms with Crippen LogP contribution < -0.4 is 0 Å². The number of likely N-dealkylation sites (N-methyl/N-ethyl adjacent to an activating group) is 1. The van der Waals surface area contributed by atoms with Gasteiger partial charge in [-0.1, -0.05) is 32.1 Å². The molecule has 4 heteroatoms. The van der Waals surface area contributed by atoms with E-state index in [9.17, 15) is 4.79 Å². The van der Waals surface area contributed by atoms with Gasteiger partial charge in [0.15, 0.2) is 0 Å². The standard InChI is InChI=1S/C16H27N3O/c1-19(11-10-15-12-17-13-18-15)16(20)9-5-8-14-6-3-2-4-7-14/h12-14H,2-11H2,1H3,(H,17,18). The molecule has 1 N–H and O–H groups in total. The molecule has 0 spiro atoms. The SMILES string of the molecule is CN(CCc1c[nH]cn1)C(=O)CCCC1CCCCC1. The van der Waals surface area contributed by atoms with E-state index in [4.69, 9.17) is 0 Å². The van der Waals surface area contributed by atoms with E-state index in [-0.39, 0.29) is 5.91 Å². The van der Waals surface area contributed by atoms with E-state index in [2.05, 4.69) is 9.97 Å². The third kappa shape index (κ3) is 4.99. The smallest absolute Gasteiger partial charge is 0.222 e. The maximum atomic E-state index is 12.0. The highest BCUT2D eigenvalue weighted by Crippen LogP contribution is 2.27. The van der Waals surface area contributed by atoms with Crippen molar-refractivity contribution >= 4 is 5.91 Å². The van der Waals surface area contributed by atoms with Gasteiger partial charge in [-0.2, -0.15) is 0 Å². The molecule has 112 valence electrons. The van der Waals surface area contributed by atoms with Crippen LogP contribution in [-0.4, -0.2) is 34.4 Å². The van der Waals surface area contributed by atoms with Gasteiger partial charge in [0.2, 0.25) is 5.91 Å². The fraction of sp³-hybridized carbons (Fsp3) is 0.750. The molecule has 0 aromatic carbocycles. The van der Waals surface area contributed by atoms with E-state index >= 15 is 0 Å². The van der Waals surface area contributed by atoms with Crippen LogP contribution in [0.15, 0.2) is 12.5 Å². The molecule has 1 aliphatic carbocycles. The molecule has 2 rings (SSSR count). The summed E-state index contributed by atoms with van der Waals surface area (Å²) in [6.45, 7) is 0.757. The number of nitrogens with zero attached hydrogens (tertiary/aromatic N) is 2. The summed E-state index contributed by atoms with van der Waals surface area (Å²) < 4.78 is 0. The molecule has 0 aliphatic heterocycles. The van der Waals surface area contributed by atoms with E-state index in [1.54, 1.807) is 6.33 Å². The highest BCUT2D eigenvalue weighted by molar-refractivity contribution is 5.75. The summed E-state index contributed by atoms with van der Waals surface area (Å²) in [6, 6.07) is 0. The van der Waals surface area contributed by atoms with Gasteiger partial charge in [0.05, 0.1) is 12.0 Å². The van der Waals surface area contributed by atoms with Gasteiger partial charge in [0, 0.05) is 32.6 Å². The van der Waals surface area contributed by atoms with Gasteiger partial charge in [-0.05, 0) is 18.8 Å². The van der Waals surface area contributed by atoms with Gasteiger partial charge in [0.1, 0.15) is 0 Å². The zero-order chi connectivity index (χ0) is 14.2. The second-order valence-corrected chi connectivity index (χ2v) is 6.02. The van der Waals surface area contributed by atoms with Gasteiger partial charge < -0.3 is 9.88 Å². The Morgan fingerprint density at radius 2 is 2.20 bits per heavy atom. The van der Waals surface area contributed by atoms with Crippen LogP contribution in [0.5, 0.6) is 0 Å². The zero-order valence-corrected chi connectivity index (χ0v) is 12.6. The van der Waals surface area contributed by atoms with E-state index in [0.717, 1.165) is 31.0 Å². The van der Waals surface area contributed by atoms with Gasteiger partial charge in [0.25, 0.3) is 0 Å². The lowest BCUT2D eigenvalue weighted by atomic mass is 9.86. The fourth-order valence-electron chi connectivity index (χ4n) is 3.04. The number of aromatic amines is 1. The first-order valence-electron chi connectivity index (χ1n) is 7.97. The highest BCUT2D eigenvalue weighted by Gasteiger charge is 2.14. The predicted octanol–water partition coefficient (Wildman–Crippen LogP) is 3.16. The summed E-state index contributed by atoms with van der Waals surface area (Å²) in [7, 11) is 1.90. The molecule has 0 radical (unpaired) electrons. The number of amides is 1. The Balaban J connectivity index is 1.58. The molecular weight excluding hydrogens is 250 g/mol. The highest BCUT2D eigenvalue weighted by atomic mass is 16.2. The van der Waals surface area contributed by atoms with Crippen LogP contribution in [0.2, 0.25) is 0 Å². The van der Waals surface area contributed by atoms with E-state index in [1.807, 2.05) is 18.1 Å². The third-order valence-corrected chi connectivity index (χ3v) is 4.41. The summed E-state index contributed by atoms with van der Waals surface area (Å²) in [5.74, 6) is 1.15. The molecule has 1 saturated carbocycles. The molecule has 1 aromatic rings. The lowest BCUT2D eigenvalue weighted by molar-refractivity contribution is -0.130. The van der Waals surface area contributed by atoms with Crippen LogP contribution in [0, 0.1) is 5.92 Å². The maximum absolute atomic E-state index is 12.0. The van der Waals surface area contributed by atoms with Crippen molar-refractivity contribution in [2.24, 2.45) is 5.92 Å². The summed E-state index contributed by atoms with van der Waals surface area (Å²) in [5.41, 5.74) is 1.02. The Morgan fingerprint density at radius 3 is 2.90 bits per heavy atom. The number of rotatable bonds is 7. The molecule has 1 heterocycles. The van der Waals surface area contributed by atoms with Crippen LogP contribution >= 0.6 is 0 Å². The largest absolute Gasteiger partial charge is 0.351 e. The van der Waals surface area contributed by atoms with Crippen LogP contribution in [0.4, 0.5) is 0 Å². The first-order valence-corrected chi connectivity index (χ1v) is 7.97. The molecule has 0 bridgehead atoms. The van der Waals surface area contributed by atoms with Crippen molar-refractivity contribution in [2.75, 3.05) is 13.6 Å². The van der Waals surface area contributed by atoms with Gasteiger partial charge in [-0.25, -0.2) is 4.98 Å². The Bertz CT molecular complexity index is 382. The summed E-state index contributed by atoms with van der Waals surface area (Å²) in [6.07, 6.45) is 14.3. The number of carbonyl (C=O) groups excluding carboxylic acids is 1. The fourth-order valence-corrected chi connectivity index (χ4v) is 3.04. The number of hydrogen-bond acceptors (Lipinski definition) is 2. The number of aromatic nitrogens is 2. The van der Waals surface area contributed by atoms with Crippen molar-refractivity contribution in [2.45, 2.75) is 57.8 Å². The summed E-state index contributed by atoms with van der Waals surface area (Å²) in [5, 5.41) is 0. The number of imidazole rings is 1. The molecule has 0 unspecified atom stereocenters. The minimum absolute atomic E-state index is 0.274. The quantitative estimate of drug-likeness (QED) is 0.832.